The number of likely N-dealkylation sites (tertiary alicyclic amines) is 1. The van der Waals surface area contributed by atoms with Crippen LogP contribution in [0.1, 0.15) is 35.6 Å². The number of carboxylic acid groups (broad SMARTS) is 1. The number of carbonyl (C=O) groups excluding carboxylic acids is 1. The zero-order valence-corrected chi connectivity index (χ0v) is 12.1. The van der Waals surface area contributed by atoms with E-state index in [2.05, 4.69) is 22.6 Å². The lowest BCUT2D eigenvalue weighted by Crippen LogP contribution is -2.46. The summed E-state index contributed by atoms with van der Waals surface area (Å²) in [6, 6.07) is 3.02. The standard InChI is InChI=1S/C14H21N3O4/c1-17-7-3-2-4-10(17)8-15-14(20)16-9-11-5-6-12(21-11)13(18)19/h5-6,10H,2-4,7-9H2,1H3,(H,18,19)(H2,15,16,20). The predicted octanol–water partition coefficient (Wildman–Crippen LogP) is 1.26. The summed E-state index contributed by atoms with van der Waals surface area (Å²) in [6.45, 7) is 1.85. The molecule has 7 heteroatoms. The maximum atomic E-state index is 11.7. The van der Waals surface area contributed by atoms with Gasteiger partial charge in [0.05, 0.1) is 6.54 Å². The third-order valence-corrected chi connectivity index (χ3v) is 3.72. The molecule has 7 nitrogen and oxygen atoms in total. The Morgan fingerprint density at radius 1 is 1.38 bits per heavy atom. The van der Waals surface area contributed by atoms with Gasteiger partial charge < -0.3 is 25.1 Å². The molecule has 1 fully saturated rings. The molecule has 1 aromatic heterocycles. The first kappa shape index (κ1) is 15.4. The quantitative estimate of drug-likeness (QED) is 0.760. The van der Waals surface area contributed by atoms with E-state index in [0.29, 0.717) is 18.3 Å². The monoisotopic (exact) mass is 295 g/mol. The van der Waals surface area contributed by atoms with E-state index in [4.69, 9.17) is 9.52 Å². The average Bonchev–Trinajstić information content (AvgIpc) is 2.93. The van der Waals surface area contributed by atoms with Gasteiger partial charge in [0, 0.05) is 12.6 Å². The summed E-state index contributed by atoms with van der Waals surface area (Å²) in [6.07, 6.45) is 3.50. The predicted molar refractivity (Wildman–Crippen MR) is 76.2 cm³/mol. The van der Waals surface area contributed by atoms with Crippen LogP contribution < -0.4 is 10.6 Å². The first-order valence-electron chi connectivity index (χ1n) is 7.10. The van der Waals surface area contributed by atoms with Crippen LogP contribution in [0.4, 0.5) is 4.79 Å². The minimum Gasteiger partial charge on any atom is -0.475 e. The Balaban J connectivity index is 1.70. The SMILES string of the molecule is CN1CCCCC1CNC(=O)NCc1ccc(C(=O)O)o1. The molecule has 1 aliphatic rings. The summed E-state index contributed by atoms with van der Waals surface area (Å²) < 4.78 is 5.06. The third kappa shape index (κ3) is 4.49. The number of rotatable bonds is 5. The number of amides is 2. The van der Waals surface area contributed by atoms with Crippen molar-refractivity contribution in [2.45, 2.75) is 31.8 Å². The highest BCUT2D eigenvalue weighted by Gasteiger charge is 2.19. The second-order valence-electron chi connectivity index (χ2n) is 5.26. The van der Waals surface area contributed by atoms with E-state index in [-0.39, 0.29) is 18.3 Å². The van der Waals surface area contributed by atoms with E-state index in [1.807, 2.05) is 0 Å². The van der Waals surface area contributed by atoms with E-state index < -0.39 is 5.97 Å². The van der Waals surface area contributed by atoms with Crippen LogP contribution in [-0.4, -0.2) is 48.2 Å². The number of hydrogen-bond acceptors (Lipinski definition) is 4. The fourth-order valence-electron chi connectivity index (χ4n) is 2.43. The molecule has 1 atom stereocenters. The Morgan fingerprint density at radius 3 is 2.86 bits per heavy atom. The van der Waals surface area contributed by atoms with Crippen molar-refractivity contribution in [1.82, 2.24) is 15.5 Å². The van der Waals surface area contributed by atoms with Crippen molar-refractivity contribution in [3.8, 4) is 0 Å². The molecule has 1 saturated heterocycles. The molecule has 0 aliphatic carbocycles. The molecular weight excluding hydrogens is 274 g/mol. The first-order chi connectivity index (χ1) is 10.1. The second kappa shape index (κ2) is 7.12. The summed E-state index contributed by atoms with van der Waals surface area (Å²) in [5.74, 6) is -0.834. The number of likely N-dealkylation sites (N-methyl/N-ethyl adjacent to an activating group) is 1. The number of nitrogens with one attached hydrogen (secondary N) is 2. The Labute approximate surface area is 123 Å². The fraction of sp³-hybridized carbons (Fsp3) is 0.571. The van der Waals surface area contributed by atoms with Crippen LogP contribution in [0.25, 0.3) is 0 Å². The van der Waals surface area contributed by atoms with Crippen LogP contribution in [0.2, 0.25) is 0 Å². The van der Waals surface area contributed by atoms with Gasteiger partial charge in [-0.05, 0) is 38.6 Å². The summed E-state index contributed by atoms with van der Waals surface area (Å²) >= 11 is 0. The molecule has 1 aromatic rings. The smallest absolute Gasteiger partial charge is 0.371 e. The number of carbonyl (C=O) groups is 2. The Bertz CT molecular complexity index is 500. The number of piperidine rings is 1. The zero-order valence-electron chi connectivity index (χ0n) is 12.1. The lowest BCUT2D eigenvalue weighted by atomic mass is 10.0. The van der Waals surface area contributed by atoms with Crippen LogP contribution in [-0.2, 0) is 6.54 Å². The van der Waals surface area contributed by atoms with Crippen LogP contribution in [0.3, 0.4) is 0 Å². The van der Waals surface area contributed by atoms with E-state index in [0.717, 1.165) is 13.0 Å². The normalized spacial score (nSPS) is 19.2. The molecule has 1 unspecified atom stereocenters. The molecule has 2 rings (SSSR count). The number of urea groups is 1. The number of hydrogen-bond donors (Lipinski definition) is 3. The van der Waals surface area contributed by atoms with Crippen molar-refractivity contribution >= 4 is 12.0 Å². The molecule has 0 radical (unpaired) electrons. The van der Waals surface area contributed by atoms with Gasteiger partial charge in [-0.3, -0.25) is 0 Å². The molecule has 116 valence electrons. The summed E-state index contributed by atoms with van der Waals surface area (Å²) in [4.78, 5) is 24.6. The molecule has 0 bridgehead atoms. The van der Waals surface area contributed by atoms with E-state index in [9.17, 15) is 9.59 Å². The molecule has 1 aliphatic heterocycles. The van der Waals surface area contributed by atoms with Gasteiger partial charge in [-0.1, -0.05) is 6.42 Å². The maximum Gasteiger partial charge on any atom is 0.371 e. The molecule has 0 aromatic carbocycles. The largest absolute Gasteiger partial charge is 0.475 e. The van der Waals surface area contributed by atoms with Crippen molar-refractivity contribution < 1.29 is 19.1 Å². The minimum atomic E-state index is -1.12. The average molecular weight is 295 g/mol. The third-order valence-electron chi connectivity index (χ3n) is 3.72. The van der Waals surface area contributed by atoms with E-state index in [1.54, 1.807) is 6.07 Å². The Hall–Kier alpha value is -2.02. The lowest BCUT2D eigenvalue weighted by Gasteiger charge is -2.32. The number of aromatic carboxylic acids is 1. The molecule has 0 saturated carbocycles. The second-order valence-corrected chi connectivity index (χ2v) is 5.26. The Kier molecular flexibility index (Phi) is 5.21. The van der Waals surface area contributed by atoms with E-state index in [1.165, 1.54) is 18.9 Å². The number of carboxylic acids is 1. The minimum absolute atomic E-state index is 0.129. The molecular formula is C14H21N3O4. The number of nitrogens with zero attached hydrogens (tertiary/aromatic N) is 1. The van der Waals surface area contributed by atoms with Gasteiger partial charge in [-0.2, -0.15) is 0 Å². The lowest BCUT2D eigenvalue weighted by molar-refractivity contribution is 0.0660. The molecule has 0 spiro atoms. The van der Waals surface area contributed by atoms with Crippen LogP contribution in [0, 0.1) is 0 Å². The molecule has 2 amide bonds. The van der Waals surface area contributed by atoms with Gasteiger partial charge in [-0.15, -0.1) is 0 Å². The zero-order chi connectivity index (χ0) is 15.2. The van der Waals surface area contributed by atoms with Gasteiger partial charge in [0.15, 0.2) is 0 Å². The summed E-state index contributed by atoms with van der Waals surface area (Å²) in [7, 11) is 2.07. The van der Waals surface area contributed by atoms with Crippen molar-refractivity contribution in [2.24, 2.45) is 0 Å². The van der Waals surface area contributed by atoms with Crippen LogP contribution in [0.5, 0.6) is 0 Å². The summed E-state index contributed by atoms with van der Waals surface area (Å²) in [5.41, 5.74) is 0. The van der Waals surface area contributed by atoms with Gasteiger partial charge in [-0.25, -0.2) is 9.59 Å². The van der Waals surface area contributed by atoms with Crippen LogP contribution in [0.15, 0.2) is 16.5 Å². The first-order valence-corrected chi connectivity index (χ1v) is 7.10. The highest BCUT2D eigenvalue weighted by molar-refractivity contribution is 5.84. The maximum absolute atomic E-state index is 11.7. The van der Waals surface area contributed by atoms with Gasteiger partial charge in [0.1, 0.15) is 5.76 Å². The van der Waals surface area contributed by atoms with Crippen LogP contribution >= 0.6 is 0 Å². The molecule has 21 heavy (non-hydrogen) atoms. The van der Waals surface area contributed by atoms with E-state index >= 15 is 0 Å². The highest BCUT2D eigenvalue weighted by Crippen LogP contribution is 2.13. The summed E-state index contributed by atoms with van der Waals surface area (Å²) in [5, 5.41) is 14.2. The van der Waals surface area contributed by atoms with Crippen molar-refractivity contribution in [3.63, 3.8) is 0 Å². The van der Waals surface area contributed by atoms with Gasteiger partial charge in [0.2, 0.25) is 5.76 Å². The van der Waals surface area contributed by atoms with Gasteiger partial charge in [0.25, 0.3) is 0 Å². The van der Waals surface area contributed by atoms with Gasteiger partial charge >= 0.3 is 12.0 Å². The van der Waals surface area contributed by atoms with Crippen molar-refractivity contribution in [3.05, 3.63) is 23.7 Å². The topological polar surface area (TPSA) is 94.8 Å². The highest BCUT2D eigenvalue weighted by atomic mass is 16.4. The van der Waals surface area contributed by atoms with Crippen molar-refractivity contribution in [2.75, 3.05) is 20.1 Å². The fourth-order valence-corrected chi connectivity index (χ4v) is 2.43. The number of furan rings is 1. The molecule has 2 heterocycles. The molecule has 3 N–H and O–H groups in total. The Morgan fingerprint density at radius 2 is 2.19 bits per heavy atom. The van der Waals surface area contributed by atoms with Crippen molar-refractivity contribution in [1.29, 1.82) is 0 Å².